The van der Waals surface area contributed by atoms with Crippen molar-refractivity contribution < 1.29 is 4.79 Å². The first-order valence-electron chi connectivity index (χ1n) is 8.77. The number of fused-ring (bicyclic) bond motifs is 1. The molecule has 0 bridgehead atoms. The molecule has 27 heavy (non-hydrogen) atoms. The Labute approximate surface area is 167 Å². The molecular weight excluding hydrogens is 376 g/mol. The fraction of sp³-hybridized carbons (Fsp3) is 0.250. The van der Waals surface area contributed by atoms with E-state index in [2.05, 4.69) is 47.5 Å². The standard InChI is InChI=1S/C20H20N4OS2/c1-14-7-9-16(10-8-14)24-15(2)21-22-20(24)27-13-19(25)23-11-12-26-18-6-4-3-5-17(18)23/h3-10H,11-13H2,1-2H3. The Bertz CT molecular complexity index is 968. The van der Waals surface area contributed by atoms with E-state index in [0.29, 0.717) is 5.75 Å². The third-order valence-electron chi connectivity index (χ3n) is 4.44. The van der Waals surface area contributed by atoms with Gasteiger partial charge in [0.15, 0.2) is 5.16 Å². The highest BCUT2D eigenvalue weighted by Gasteiger charge is 2.23. The first kappa shape index (κ1) is 18.1. The molecule has 3 aromatic rings. The average molecular weight is 397 g/mol. The summed E-state index contributed by atoms with van der Waals surface area (Å²) >= 11 is 3.24. The minimum absolute atomic E-state index is 0.101. The van der Waals surface area contributed by atoms with Gasteiger partial charge >= 0.3 is 0 Å². The number of nitrogens with zero attached hydrogens (tertiary/aromatic N) is 4. The summed E-state index contributed by atoms with van der Waals surface area (Å²) in [5.41, 5.74) is 3.23. The molecule has 1 amide bonds. The van der Waals surface area contributed by atoms with Crippen LogP contribution in [-0.2, 0) is 4.79 Å². The number of para-hydroxylation sites is 1. The number of carbonyl (C=O) groups excluding carboxylic acids is 1. The van der Waals surface area contributed by atoms with Gasteiger partial charge in [-0.05, 0) is 38.1 Å². The SMILES string of the molecule is Cc1ccc(-n2c(C)nnc2SCC(=O)N2CCSc3ccccc32)cc1. The Kier molecular flexibility index (Phi) is 5.22. The summed E-state index contributed by atoms with van der Waals surface area (Å²) in [6.07, 6.45) is 0. The predicted molar refractivity (Wildman–Crippen MR) is 111 cm³/mol. The van der Waals surface area contributed by atoms with E-state index in [1.807, 2.05) is 34.6 Å². The molecule has 0 aliphatic carbocycles. The third kappa shape index (κ3) is 3.75. The van der Waals surface area contributed by atoms with Gasteiger partial charge in [0, 0.05) is 22.9 Å². The molecule has 0 radical (unpaired) electrons. The van der Waals surface area contributed by atoms with Gasteiger partial charge in [-0.15, -0.1) is 22.0 Å². The van der Waals surface area contributed by atoms with Crippen LogP contribution < -0.4 is 4.90 Å². The molecule has 1 aliphatic rings. The minimum Gasteiger partial charge on any atom is -0.310 e. The van der Waals surface area contributed by atoms with E-state index in [9.17, 15) is 4.79 Å². The number of thioether (sulfide) groups is 2. The number of amides is 1. The molecule has 4 rings (SSSR count). The summed E-state index contributed by atoms with van der Waals surface area (Å²) in [6, 6.07) is 16.3. The van der Waals surface area contributed by atoms with E-state index in [1.54, 1.807) is 11.8 Å². The van der Waals surface area contributed by atoms with E-state index in [1.165, 1.54) is 22.2 Å². The summed E-state index contributed by atoms with van der Waals surface area (Å²) in [5.74, 6) is 2.17. The summed E-state index contributed by atoms with van der Waals surface area (Å²) in [5, 5.41) is 9.22. The van der Waals surface area contributed by atoms with Gasteiger partial charge in [-0.2, -0.15) is 0 Å². The molecule has 7 heteroatoms. The monoisotopic (exact) mass is 396 g/mol. The van der Waals surface area contributed by atoms with E-state index in [4.69, 9.17) is 0 Å². The number of aryl methyl sites for hydroxylation is 2. The summed E-state index contributed by atoms with van der Waals surface area (Å²) < 4.78 is 2.00. The van der Waals surface area contributed by atoms with Crippen molar-refractivity contribution in [1.82, 2.24) is 14.8 Å². The second kappa shape index (κ2) is 7.78. The Morgan fingerprint density at radius 2 is 1.89 bits per heavy atom. The highest BCUT2D eigenvalue weighted by Crippen LogP contribution is 2.35. The maximum atomic E-state index is 12.9. The van der Waals surface area contributed by atoms with Gasteiger partial charge in [0.2, 0.25) is 5.91 Å². The van der Waals surface area contributed by atoms with Crippen molar-refractivity contribution in [2.24, 2.45) is 0 Å². The van der Waals surface area contributed by atoms with E-state index >= 15 is 0 Å². The topological polar surface area (TPSA) is 51.0 Å². The maximum Gasteiger partial charge on any atom is 0.237 e. The molecule has 0 N–H and O–H groups in total. The Morgan fingerprint density at radius 1 is 1.11 bits per heavy atom. The molecule has 0 atom stereocenters. The van der Waals surface area contributed by atoms with Crippen LogP contribution in [0.15, 0.2) is 58.6 Å². The number of anilines is 1. The zero-order chi connectivity index (χ0) is 18.8. The van der Waals surface area contributed by atoms with Crippen LogP contribution in [0.4, 0.5) is 5.69 Å². The number of aromatic nitrogens is 3. The number of benzene rings is 2. The van der Waals surface area contributed by atoms with Gasteiger partial charge in [0.25, 0.3) is 0 Å². The fourth-order valence-corrected chi connectivity index (χ4v) is 4.93. The molecule has 1 aliphatic heterocycles. The lowest BCUT2D eigenvalue weighted by molar-refractivity contribution is -0.116. The molecule has 0 saturated heterocycles. The van der Waals surface area contributed by atoms with Crippen molar-refractivity contribution in [3.63, 3.8) is 0 Å². The van der Waals surface area contributed by atoms with Gasteiger partial charge in [-0.1, -0.05) is 41.6 Å². The van der Waals surface area contributed by atoms with Crippen LogP contribution in [0, 0.1) is 13.8 Å². The van der Waals surface area contributed by atoms with Gasteiger partial charge in [0.05, 0.1) is 11.4 Å². The summed E-state index contributed by atoms with van der Waals surface area (Å²) in [6.45, 7) is 4.73. The first-order valence-corrected chi connectivity index (χ1v) is 10.7. The second-order valence-corrected chi connectivity index (χ2v) is 8.43. The maximum absolute atomic E-state index is 12.9. The van der Waals surface area contributed by atoms with Crippen molar-refractivity contribution >= 4 is 35.1 Å². The van der Waals surface area contributed by atoms with E-state index in [-0.39, 0.29) is 5.91 Å². The number of carbonyl (C=O) groups is 1. The van der Waals surface area contributed by atoms with Crippen LogP contribution in [-0.4, -0.2) is 38.7 Å². The lowest BCUT2D eigenvalue weighted by atomic mass is 10.2. The number of hydrogen-bond donors (Lipinski definition) is 0. The predicted octanol–water partition coefficient (Wildman–Crippen LogP) is 4.12. The molecule has 0 unspecified atom stereocenters. The fourth-order valence-electron chi connectivity index (χ4n) is 3.06. The highest BCUT2D eigenvalue weighted by atomic mass is 32.2. The molecule has 0 fully saturated rings. The normalized spacial score (nSPS) is 13.5. The van der Waals surface area contributed by atoms with Gasteiger partial charge in [-0.25, -0.2) is 0 Å². The largest absolute Gasteiger partial charge is 0.310 e. The average Bonchev–Trinajstić information content (AvgIpc) is 3.07. The van der Waals surface area contributed by atoms with Crippen LogP contribution in [0.1, 0.15) is 11.4 Å². The zero-order valence-electron chi connectivity index (χ0n) is 15.3. The van der Waals surface area contributed by atoms with Crippen LogP contribution in [0.25, 0.3) is 5.69 Å². The van der Waals surface area contributed by atoms with Crippen LogP contribution >= 0.6 is 23.5 Å². The number of hydrogen-bond acceptors (Lipinski definition) is 5. The van der Waals surface area contributed by atoms with Crippen molar-refractivity contribution in [3.8, 4) is 5.69 Å². The summed E-state index contributed by atoms with van der Waals surface area (Å²) in [4.78, 5) is 15.9. The zero-order valence-corrected chi connectivity index (χ0v) is 16.9. The van der Waals surface area contributed by atoms with Crippen LogP contribution in [0.5, 0.6) is 0 Å². The summed E-state index contributed by atoms with van der Waals surface area (Å²) in [7, 11) is 0. The van der Waals surface area contributed by atoms with E-state index < -0.39 is 0 Å². The lowest BCUT2D eigenvalue weighted by Gasteiger charge is -2.28. The Morgan fingerprint density at radius 3 is 2.70 bits per heavy atom. The van der Waals surface area contributed by atoms with E-state index in [0.717, 1.165) is 34.7 Å². The van der Waals surface area contributed by atoms with Gasteiger partial charge in [0.1, 0.15) is 5.82 Å². The molecule has 2 aromatic carbocycles. The molecule has 0 spiro atoms. The highest BCUT2D eigenvalue weighted by molar-refractivity contribution is 8.00. The van der Waals surface area contributed by atoms with Crippen molar-refractivity contribution in [1.29, 1.82) is 0 Å². The molecular formula is C20H20N4OS2. The lowest BCUT2D eigenvalue weighted by Crippen LogP contribution is -2.36. The molecule has 138 valence electrons. The van der Waals surface area contributed by atoms with Gasteiger partial charge < -0.3 is 4.90 Å². The Balaban J connectivity index is 1.52. The molecule has 1 aromatic heterocycles. The molecule has 0 saturated carbocycles. The Hall–Kier alpha value is -2.25. The third-order valence-corrected chi connectivity index (χ3v) is 6.40. The first-order chi connectivity index (χ1) is 13.1. The van der Waals surface area contributed by atoms with Crippen molar-refractivity contribution in [2.45, 2.75) is 23.9 Å². The van der Waals surface area contributed by atoms with Crippen molar-refractivity contribution in [3.05, 3.63) is 59.9 Å². The van der Waals surface area contributed by atoms with Crippen LogP contribution in [0.2, 0.25) is 0 Å². The smallest absolute Gasteiger partial charge is 0.237 e. The van der Waals surface area contributed by atoms with Crippen molar-refractivity contribution in [2.75, 3.05) is 23.0 Å². The van der Waals surface area contributed by atoms with Gasteiger partial charge in [-0.3, -0.25) is 9.36 Å². The van der Waals surface area contributed by atoms with Crippen LogP contribution in [0.3, 0.4) is 0 Å². The molecule has 2 heterocycles. The molecule has 5 nitrogen and oxygen atoms in total. The second-order valence-electron chi connectivity index (χ2n) is 6.35. The minimum atomic E-state index is 0.101. The quantitative estimate of drug-likeness (QED) is 0.621. The number of rotatable bonds is 4.